The molecule has 1 aromatic rings. The number of carboxylic acids is 2. The summed E-state index contributed by atoms with van der Waals surface area (Å²) in [5.74, 6) is -4.64. The lowest BCUT2D eigenvalue weighted by atomic mass is 9.96. The summed E-state index contributed by atoms with van der Waals surface area (Å²) in [4.78, 5) is 67.8. The maximum absolute atomic E-state index is 13.2. The highest BCUT2D eigenvalue weighted by Crippen LogP contribution is 2.12. The van der Waals surface area contributed by atoms with Crippen LogP contribution in [0.1, 0.15) is 59.1 Å². The number of imidazole rings is 1. The predicted molar refractivity (Wildman–Crippen MR) is 129 cm³/mol. The van der Waals surface area contributed by atoms with Crippen molar-refractivity contribution in [2.45, 2.75) is 84.0 Å². The fourth-order valence-corrected chi connectivity index (χ4v) is 3.43. The summed E-state index contributed by atoms with van der Waals surface area (Å²) in [6.45, 7) is 7.27. The molecule has 36 heavy (non-hydrogen) atoms. The molecule has 5 unspecified atom stereocenters. The second-order valence-corrected chi connectivity index (χ2v) is 9.28. The Morgan fingerprint density at radius 3 is 2.14 bits per heavy atom. The minimum absolute atomic E-state index is 0.0157. The van der Waals surface area contributed by atoms with Gasteiger partial charge in [-0.1, -0.05) is 34.1 Å². The van der Waals surface area contributed by atoms with Crippen LogP contribution < -0.4 is 21.7 Å². The number of nitrogens with zero attached hydrogens (tertiary/aromatic N) is 1. The Labute approximate surface area is 210 Å². The van der Waals surface area contributed by atoms with Gasteiger partial charge >= 0.3 is 11.9 Å². The monoisotopic (exact) mass is 510 g/mol. The van der Waals surface area contributed by atoms with Crippen LogP contribution in [0.2, 0.25) is 0 Å². The van der Waals surface area contributed by atoms with Crippen molar-refractivity contribution in [3.63, 3.8) is 0 Å². The number of H-pyrrole nitrogens is 1. The van der Waals surface area contributed by atoms with Gasteiger partial charge in [0.05, 0.1) is 12.4 Å². The predicted octanol–water partition coefficient (Wildman–Crippen LogP) is -0.224. The van der Waals surface area contributed by atoms with E-state index in [1.165, 1.54) is 12.5 Å². The standard InChI is InChI=1S/C23H38N6O7/c1-5-13(4)19(29-20(32)15(24)6-7-18(30)31)22(34)27-16(8-12(2)3)21(33)28-17(23(35)36)9-14-10-25-11-26-14/h10-13,15-17,19H,5-9,24H2,1-4H3,(H,25,26)(H,27,34)(H,28,33)(H,29,32)(H,30,31)(H,35,36). The number of carbonyl (C=O) groups excluding carboxylic acids is 3. The molecule has 0 saturated carbocycles. The number of aromatic amines is 1. The fraction of sp³-hybridized carbons (Fsp3) is 0.652. The van der Waals surface area contributed by atoms with E-state index < -0.39 is 53.8 Å². The zero-order valence-electron chi connectivity index (χ0n) is 21.1. The Bertz CT molecular complexity index is 890. The van der Waals surface area contributed by atoms with Crippen LogP contribution in [0.3, 0.4) is 0 Å². The van der Waals surface area contributed by atoms with Crippen molar-refractivity contribution < 1.29 is 34.2 Å². The van der Waals surface area contributed by atoms with Crippen LogP contribution in [0.15, 0.2) is 12.5 Å². The van der Waals surface area contributed by atoms with Crippen molar-refractivity contribution in [3.05, 3.63) is 18.2 Å². The average molecular weight is 511 g/mol. The molecule has 0 fully saturated rings. The minimum atomic E-state index is -1.25. The van der Waals surface area contributed by atoms with Crippen LogP contribution in [0.5, 0.6) is 0 Å². The number of aromatic nitrogens is 2. The molecule has 1 rings (SSSR count). The van der Waals surface area contributed by atoms with Gasteiger partial charge in [-0.05, 0) is 24.7 Å². The summed E-state index contributed by atoms with van der Waals surface area (Å²) in [7, 11) is 0. The van der Waals surface area contributed by atoms with Crippen LogP contribution in [0.4, 0.5) is 0 Å². The first-order chi connectivity index (χ1) is 16.8. The fourth-order valence-electron chi connectivity index (χ4n) is 3.43. The number of hydrogen-bond acceptors (Lipinski definition) is 7. The highest BCUT2D eigenvalue weighted by molar-refractivity contribution is 5.94. The third kappa shape index (κ3) is 10.4. The van der Waals surface area contributed by atoms with E-state index in [9.17, 15) is 29.1 Å². The van der Waals surface area contributed by atoms with Gasteiger partial charge in [0.2, 0.25) is 17.7 Å². The van der Waals surface area contributed by atoms with E-state index in [1.54, 1.807) is 6.92 Å². The molecule has 0 radical (unpaired) electrons. The van der Waals surface area contributed by atoms with E-state index in [0.717, 1.165) is 0 Å². The van der Waals surface area contributed by atoms with E-state index in [-0.39, 0.29) is 37.5 Å². The van der Waals surface area contributed by atoms with Crippen LogP contribution in [0.25, 0.3) is 0 Å². The number of nitrogens with one attached hydrogen (secondary N) is 4. The van der Waals surface area contributed by atoms with E-state index >= 15 is 0 Å². The van der Waals surface area contributed by atoms with Crippen molar-refractivity contribution in [2.75, 3.05) is 0 Å². The second-order valence-electron chi connectivity index (χ2n) is 9.28. The number of hydrogen-bond donors (Lipinski definition) is 7. The zero-order chi connectivity index (χ0) is 27.4. The van der Waals surface area contributed by atoms with Crippen LogP contribution in [-0.2, 0) is 30.4 Å². The molecule has 0 spiro atoms. The third-order valence-corrected chi connectivity index (χ3v) is 5.73. The number of carboxylic acid groups (broad SMARTS) is 2. The molecule has 3 amide bonds. The topological polar surface area (TPSA) is 217 Å². The Balaban J connectivity index is 2.98. The smallest absolute Gasteiger partial charge is 0.326 e. The molecule has 0 aliphatic carbocycles. The highest BCUT2D eigenvalue weighted by Gasteiger charge is 2.33. The lowest BCUT2D eigenvalue weighted by Crippen LogP contribution is -2.59. The Morgan fingerprint density at radius 1 is 1.00 bits per heavy atom. The van der Waals surface area contributed by atoms with Crippen molar-refractivity contribution in [3.8, 4) is 0 Å². The summed E-state index contributed by atoms with van der Waals surface area (Å²) in [5.41, 5.74) is 6.30. The lowest BCUT2D eigenvalue weighted by molar-refractivity contribution is -0.142. The van der Waals surface area contributed by atoms with Crippen molar-refractivity contribution in [1.29, 1.82) is 0 Å². The molecule has 1 heterocycles. The maximum atomic E-state index is 13.2. The normalized spacial score (nSPS) is 15.3. The third-order valence-electron chi connectivity index (χ3n) is 5.73. The van der Waals surface area contributed by atoms with E-state index in [4.69, 9.17) is 10.8 Å². The number of aliphatic carboxylic acids is 2. The van der Waals surface area contributed by atoms with E-state index in [2.05, 4.69) is 25.9 Å². The number of amides is 3. The van der Waals surface area contributed by atoms with Crippen molar-refractivity contribution in [2.24, 2.45) is 17.6 Å². The maximum Gasteiger partial charge on any atom is 0.326 e. The van der Waals surface area contributed by atoms with Gasteiger partial charge in [0.1, 0.15) is 18.1 Å². The van der Waals surface area contributed by atoms with Gasteiger partial charge in [0, 0.05) is 24.7 Å². The number of rotatable bonds is 16. The molecular formula is C23H38N6O7. The summed E-state index contributed by atoms with van der Waals surface area (Å²) in [6, 6.07) is -4.44. The second kappa shape index (κ2) is 14.8. The molecule has 13 nitrogen and oxygen atoms in total. The van der Waals surface area contributed by atoms with Crippen LogP contribution >= 0.6 is 0 Å². The molecule has 1 aromatic heterocycles. The van der Waals surface area contributed by atoms with Crippen molar-refractivity contribution >= 4 is 29.7 Å². The molecular weight excluding hydrogens is 472 g/mol. The van der Waals surface area contributed by atoms with Gasteiger partial charge in [-0.15, -0.1) is 0 Å². The first-order valence-electron chi connectivity index (χ1n) is 11.9. The van der Waals surface area contributed by atoms with Gasteiger partial charge in [-0.25, -0.2) is 9.78 Å². The SMILES string of the molecule is CCC(C)C(NC(=O)C(N)CCC(=O)O)C(=O)NC(CC(C)C)C(=O)NC(Cc1cnc[nH]1)C(=O)O. The highest BCUT2D eigenvalue weighted by atomic mass is 16.4. The van der Waals surface area contributed by atoms with Gasteiger partial charge < -0.3 is 36.9 Å². The Kier molecular flexibility index (Phi) is 12.6. The molecule has 0 aliphatic heterocycles. The summed E-state index contributed by atoms with van der Waals surface area (Å²) in [6.07, 6.45) is 3.19. The first-order valence-corrected chi connectivity index (χ1v) is 11.9. The van der Waals surface area contributed by atoms with Crippen LogP contribution in [-0.4, -0.2) is 74.0 Å². The molecule has 13 heteroatoms. The number of carbonyl (C=O) groups is 5. The lowest BCUT2D eigenvalue weighted by Gasteiger charge is -2.28. The molecule has 0 aromatic carbocycles. The van der Waals surface area contributed by atoms with Gasteiger partial charge in [-0.3, -0.25) is 19.2 Å². The largest absolute Gasteiger partial charge is 0.481 e. The summed E-state index contributed by atoms with van der Waals surface area (Å²) < 4.78 is 0. The summed E-state index contributed by atoms with van der Waals surface area (Å²) in [5, 5.41) is 26.0. The van der Waals surface area contributed by atoms with Gasteiger partial charge in [0.15, 0.2) is 0 Å². The zero-order valence-corrected chi connectivity index (χ0v) is 21.1. The van der Waals surface area contributed by atoms with E-state index in [1.807, 2.05) is 20.8 Å². The van der Waals surface area contributed by atoms with Gasteiger partial charge in [-0.2, -0.15) is 0 Å². The van der Waals surface area contributed by atoms with Crippen LogP contribution in [0, 0.1) is 11.8 Å². The van der Waals surface area contributed by atoms with Crippen molar-refractivity contribution in [1.82, 2.24) is 25.9 Å². The van der Waals surface area contributed by atoms with Gasteiger partial charge in [0.25, 0.3) is 0 Å². The molecule has 0 bridgehead atoms. The number of nitrogens with two attached hydrogens (primary N) is 1. The Morgan fingerprint density at radius 2 is 1.64 bits per heavy atom. The average Bonchev–Trinajstić information content (AvgIpc) is 3.31. The molecule has 202 valence electrons. The van der Waals surface area contributed by atoms with E-state index in [0.29, 0.717) is 12.1 Å². The quantitative estimate of drug-likeness (QED) is 0.156. The molecule has 5 atom stereocenters. The summed E-state index contributed by atoms with van der Waals surface area (Å²) >= 11 is 0. The first kappa shape index (κ1) is 30.6. The molecule has 0 saturated heterocycles. The molecule has 8 N–H and O–H groups in total. The Hall–Kier alpha value is -3.48. The minimum Gasteiger partial charge on any atom is -0.481 e. The molecule has 0 aliphatic rings.